The highest BCUT2D eigenvalue weighted by Gasteiger charge is 2.07. The zero-order chi connectivity index (χ0) is 10.6. The van der Waals surface area contributed by atoms with Gasteiger partial charge in [0.05, 0.1) is 13.0 Å². The Morgan fingerprint density at radius 3 is 2.79 bits per heavy atom. The van der Waals surface area contributed by atoms with Crippen molar-refractivity contribution in [3.05, 3.63) is 32.9 Å². The first-order valence-electron chi connectivity index (χ1n) is 4.11. The summed E-state index contributed by atoms with van der Waals surface area (Å²) in [6.45, 7) is 0.458. The molecule has 0 aliphatic carbocycles. The molecule has 1 aromatic rings. The van der Waals surface area contributed by atoms with Crippen LogP contribution < -0.4 is 0 Å². The molecule has 0 aliphatic heterocycles. The largest absolute Gasteiger partial charge is 0.481 e. The van der Waals surface area contributed by atoms with Gasteiger partial charge in [0, 0.05) is 10.7 Å². The fraction of sp³-hybridized carbons (Fsp3) is 0.300. The monoisotopic (exact) mass is 306 g/mol. The van der Waals surface area contributed by atoms with Gasteiger partial charge in [0.15, 0.2) is 0 Å². The molecule has 1 aromatic carbocycles. The Morgan fingerprint density at radius 1 is 1.50 bits per heavy atom. The number of carbonyl (C=O) groups is 1. The Bertz CT molecular complexity index is 336. The molecule has 1 N–H and O–H groups in total. The number of halogens is 1. The van der Waals surface area contributed by atoms with Gasteiger partial charge in [-0.2, -0.15) is 0 Å². The number of aliphatic carboxylic acids is 1. The third kappa shape index (κ3) is 3.26. The summed E-state index contributed by atoms with van der Waals surface area (Å²) in [7, 11) is 1.60. The van der Waals surface area contributed by atoms with Crippen LogP contribution in [0.25, 0.3) is 0 Å². The zero-order valence-electron chi connectivity index (χ0n) is 7.79. The predicted molar refractivity (Wildman–Crippen MR) is 61.2 cm³/mol. The summed E-state index contributed by atoms with van der Waals surface area (Å²) in [6.07, 6.45) is 0.0511. The maximum Gasteiger partial charge on any atom is 0.307 e. The minimum absolute atomic E-state index is 0.0511. The van der Waals surface area contributed by atoms with Crippen LogP contribution in [0.3, 0.4) is 0 Å². The lowest BCUT2D eigenvalue weighted by Crippen LogP contribution is -2.04. The highest BCUT2D eigenvalue weighted by molar-refractivity contribution is 14.1. The highest BCUT2D eigenvalue weighted by Crippen LogP contribution is 2.15. The summed E-state index contributed by atoms with van der Waals surface area (Å²) >= 11 is 2.16. The van der Waals surface area contributed by atoms with Gasteiger partial charge in [0.25, 0.3) is 0 Å². The van der Waals surface area contributed by atoms with Gasteiger partial charge in [-0.05, 0) is 45.9 Å². The van der Waals surface area contributed by atoms with Gasteiger partial charge in [0.1, 0.15) is 0 Å². The van der Waals surface area contributed by atoms with E-state index in [9.17, 15) is 4.79 Å². The minimum atomic E-state index is -0.815. The van der Waals surface area contributed by atoms with E-state index in [0.717, 1.165) is 14.7 Å². The van der Waals surface area contributed by atoms with Crippen LogP contribution in [-0.4, -0.2) is 18.2 Å². The number of ether oxygens (including phenoxy) is 1. The van der Waals surface area contributed by atoms with Crippen molar-refractivity contribution in [3.63, 3.8) is 0 Å². The number of carboxylic acid groups (broad SMARTS) is 1. The second-order valence-electron chi connectivity index (χ2n) is 2.92. The normalized spacial score (nSPS) is 10.1. The summed E-state index contributed by atoms with van der Waals surface area (Å²) < 4.78 is 6.04. The van der Waals surface area contributed by atoms with Gasteiger partial charge >= 0.3 is 5.97 Å². The molecule has 4 heteroatoms. The van der Waals surface area contributed by atoms with Crippen LogP contribution in [0.5, 0.6) is 0 Å². The van der Waals surface area contributed by atoms with E-state index in [1.165, 1.54) is 0 Å². The molecule has 0 atom stereocenters. The van der Waals surface area contributed by atoms with Crippen molar-refractivity contribution in [2.75, 3.05) is 7.11 Å². The molecule has 0 aromatic heterocycles. The van der Waals surface area contributed by atoms with Gasteiger partial charge < -0.3 is 9.84 Å². The van der Waals surface area contributed by atoms with Crippen molar-refractivity contribution in [2.45, 2.75) is 13.0 Å². The third-order valence-corrected chi connectivity index (χ3v) is 2.48. The molecule has 0 spiro atoms. The lowest BCUT2D eigenvalue weighted by molar-refractivity contribution is -0.136. The smallest absolute Gasteiger partial charge is 0.307 e. The fourth-order valence-corrected chi connectivity index (χ4v) is 1.77. The Morgan fingerprint density at radius 2 is 2.21 bits per heavy atom. The van der Waals surface area contributed by atoms with Crippen molar-refractivity contribution in [3.8, 4) is 0 Å². The minimum Gasteiger partial charge on any atom is -0.481 e. The molecular weight excluding hydrogens is 295 g/mol. The van der Waals surface area contributed by atoms with Gasteiger partial charge in [-0.25, -0.2) is 0 Å². The highest BCUT2D eigenvalue weighted by atomic mass is 127. The maximum atomic E-state index is 10.6. The number of methoxy groups -OCH3 is 1. The lowest BCUT2D eigenvalue weighted by Gasteiger charge is -2.07. The van der Waals surface area contributed by atoms with E-state index in [1.54, 1.807) is 7.11 Å². The standard InChI is InChI=1S/C10H11IO3/c1-14-6-7-2-3-9(11)4-8(7)5-10(12)13/h2-4H,5-6H2,1H3,(H,12,13). The van der Waals surface area contributed by atoms with E-state index in [1.807, 2.05) is 18.2 Å². The fourth-order valence-electron chi connectivity index (χ4n) is 1.22. The first-order chi connectivity index (χ1) is 6.63. The molecule has 0 radical (unpaired) electrons. The molecular formula is C10H11IO3. The Hall–Kier alpha value is -0.620. The molecule has 0 aliphatic rings. The molecule has 14 heavy (non-hydrogen) atoms. The van der Waals surface area contributed by atoms with Crippen LogP contribution in [0.4, 0.5) is 0 Å². The molecule has 0 bridgehead atoms. The predicted octanol–water partition coefficient (Wildman–Crippen LogP) is 2.06. The van der Waals surface area contributed by atoms with E-state index >= 15 is 0 Å². The van der Waals surface area contributed by atoms with Crippen LogP contribution in [0.15, 0.2) is 18.2 Å². The number of benzene rings is 1. The zero-order valence-corrected chi connectivity index (χ0v) is 9.95. The first-order valence-corrected chi connectivity index (χ1v) is 5.19. The van der Waals surface area contributed by atoms with Crippen LogP contribution in [0, 0.1) is 3.57 Å². The molecule has 3 nitrogen and oxygen atoms in total. The maximum absolute atomic E-state index is 10.6. The lowest BCUT2D eigenvalue weighted by atomic mass is 10.1. The number of carboxylic acids is 1. The third-order valence-electron chi connectivity index (χ3n) is 1.81. The Labute approximate surface area is 96.2 Å². The summed E-state index contributed by atoms with van der Waals surface area (Å²) in [4.78, 5) is 10.6. The van der Waals surface area contributed by atoms with E-state index < -0.39 is 5.97 Å². The molecule has 0 unspecified atom stereocenters. The van der Waals surface area contributed by atoms with E-state index in [4.69, 9.17) is 9.84 Å². The van der Waals surface area contributed by atoms with Crippen molar-refractivity contribution in [1.29, 1.82) is 0 Å². The SMILES string of the molecule is COCc1ccc(I)cc1CC(=O)O. The van der Waals surface area contributed by atoms with Crippen LogP contribution in [0.1, 0.15) is 11.1 Å². The van der Waals surface area contributed by atoms with E-state index in [-0.39, 0.29) is 6.42 Å². The molecule has 0 heterocycles. The van der Waals surface area contributed by atoms with Gasteiger partial charge in [-0.15, -0.1) is 0 Å². The summed E-state index contributed by atoms with van der Waals surface area (Å²) in [5.41, 5.74) is 1.77. The Balaban J connectivity index is 2.96. The molecule has 76 valence electrons. The van der Waals surface area contributed by atoms with Crippen LogP contribution in [-0.2, 0) is 22.6 Å². The van der Waals surface area contributed by atoms with Crippen molar-refractivity contribution in [1.82, 2.24) is 0 Å². The van der Waals surface area contributed by atoms with Crippen molar-refractivity contribution in [2.24, 2.45) is 0 Å². The molecule has 0 fully saturated rings. The van der Waals surface area contributed by atoms with Gasteiger partial charge in [0.2, 0.25) is 0 Å². The summed E-state index contributed by atoms with van der Waals surface area (Å²) in [6, 6.07) is 5.73. The molecule has 1 rings (SSSR count). The molecule has 0 amide bonds. The average Bonchev–Trinajstić information content (AvgIpc) is 2.09. The van der Waals surface area contributed by atoms with Crippen molar-refractivity contribution < 1.29 is 14.6 Å². The average molecular weight is 306 g/mol. The van der Waals surface area contributed by atoms with E-state index in [0.29, 0.717) is 6.61 Å². The summed E-state index contributed by atoms with van der Waals surface area (Å²) in [5, 5.41) is 8.71. The second-order valence-corrected chi connectivity index (χ2v) is 4.16. The van der Waals surface area contributed by atoms with Gasteiger partial charge in [-0.3, -0.25) is 4.79 Å². The second kappa shape index (κ2) is 5.31. The number of hydrogen-bond acceptors (Lipinski definition) is 2. The quantitative estimate of drug-likeness (QED) is 0.866. The first kappa shape index (κ1) is 11.5. The van der Waals surface area contributed by atoms with Crippen LogP contribution in [0.2, 0.25) is 0 Å². The van der Waals surface area contributed by atoms with Crippen molar-refractivity contribution >= 4 is 28.6 Å². The van der Waals surface area contributed by atoms with Gasteiger partial charge in [-0.1, -0.05) is 6.07 Å². The Kier molecular flexibility index (Phi) is 4.34. The number of hydrogen-bond donors (Lipinski definition) is 1. The number of rotatable bonds is 4. The van der Waals surface area contributed by atoms with Crippen LogP contribution >= 0.6 is 22.6 Å². The van der Waals surface area contributed by atoms with E-state index in [2.05, 4.69) is 22.6 Å². The molecule has 0 saturated heterocycles. The molecule has 0 saturated carbocycles. The topological polar surface area (TPSA) is 46.5 Å². The summed E-state index contributed by atoms with van der Waals surface area (Å²) in [5.74, 6) is -0.815.